The minimum Gasteiger partial charge on any atom is -0.437 e. The third kappa shape index (κ3) is 2.97. The van der Waals surface area contributed by atoms with E-state index >= 15 is 0 Å². The minimum absolute atomic E-state index is 0.203. The second-order valence-electron chi connectivity index (χ2n) is 3.87. The largest absolute Gasteiger partial charge is 0.513 e. The van der Waals surface area contributed by atoms with Crippen LogP contribution in [0.15, 0.2) is 41.8 Å². The van der Waals surface area contributed by atoms with Crippen LogP contribution in [-0.4, -0.2) is 26.2 Å². The summed E-state index contributed by atoms with van der Waals surface area (Å²) in [6.07, 6.45) is -0.847. The van der Waals surface area contributed by atoms with E-state index in [1.54, 1.807) is 18.5 Å². The number of amides is 1. The van der Waals surface area contributed by atoms with Gasteiger partial charge in [0.2, 0.25) is 0 Å². The smallest absolute Gasteiger partial charge is 0.437 e. The van der Waals surface area contributed by atoms with Crippen LogP contribution >= 0.6 is 11.3 Å². The number of anilines is 1. The number of hydrogen-bond acceptors (Lipinski definition) is 5. The summed E-state index contributed by atoms with van der Waals surface area (Å²) in [4.78, 5) is 25.4. The zero-order chi connectivity index (χ0) is 14.5. The van der Waals surface area contributed by atoms with Gasteiger partial charge in [0.15, 0.2) is 5.75 Å². The van der Waals surface area contributed by atoms with Crippen molar-refractivity contribution in [2.45, 2.75) is 0 Å². The highest BCUT2D eigenvalue weighted by atomic mass is 32.1. The summed E-state index contributed by atoms with van der Waals surface area (Å²) in [7, 11) is 2.88. The van der Waals surface area contributed by atoms with Crippen molar-refractivity contribution in [1.29, 1.82) is 0 Å². The van der Waals surface area contributed by atoms with Gasteiger partial charge < -0.3 is 14.4 Å². The second kappa shape index (κ2) is 6.21. The number of nitrogens with zero attached hydrogens (tertiary/aromatic N) is 1. The van der Waals surface area contributed by atoms with Crippen LogP contribution in [-0.2, 0) is 4.74 Å². The monoisotopic (exact) mass is 291 g/mol. The Balaban J connectivity index is 2.22. The fraction of sp³-hybridized carbons (Fsp3) is 0.143. The van der Waals surface area contributed by atoms with Crippen LogP contribution in [0.1, 0.15) is 9.67 Å². The first-order chi connectivity index (χ1) is 9.63. The Morgan fingerprint density at radius 1 is 1.15 bits per heavy atom. The second-order valence-corrected chi connectivity index (χ2v) is 4.79. The molecule has 1 aromatic carbocycles. The summed E-state index contributed by atoms with van der Waals surface area (Å²) < 4.78 is 9.37. The van der Waals surface area contributed by atoms with Gasteiger partial charge in [-0.2, -0.15) is 0 Å². The van der Waals surface area contributed by atoms with Crippen molar-refractivity contribution >= 4 is 29.1 Å². The number of carbonyl (C=O) groups excluding carboxylic acids is 2. The molecule has 0 N–H and O–H groups in total. The fourth-order valence-corrected chi connectivity index (χ4v) is 2.38. The molecule has 6 heteroatoms. The SMILES string of the molecule is COC(=O)Oc1ccsc1C(=O)N(C)c1ccccc1. The van der Waals surface area contributed by atoms with Crippen molar-refractivity contribution in [3.63, 3.8) is 0 Å². The first kappa shape index (κ1) is 14.1. The number of carbonyl (C=O) groups is 2. The lowest BCUT2D eigenvalue weighted by Gasteiger charge is -2.16. The van der Waals surface area contributed by atoms with Gasteiger partial charge in [0.25, 0.3) is 5.91 Å². The van der Waals surface area contributed by atoms with Gasteiger partial charge in [-0.3, -0.25) is 4.79 Å². The average molecular weight is 291 g/mol. The number of methoxy groups -OCH3 is 1. The van der Waals surface area contributed by atoms with Crippen molar-refractivity contribution in [2.75, 3.05) is 19.1 Å². The van der Waals surface area contributed by atoms with Crippen LogP contribution in [0.2, 0.25) is 0 Å². The molecule has 0 radical (unpaired) electrons. The van der Waals surface area contributed by atoms with Crippen molar-refractivity contribution < 1.29 is 19.1 Å². The fourth-order valence-electron chi connectivity index (χ4n) is 1.59. The van der Waals surface area contributed by atoms with E-state index in [0.29, 0.717) is 4.88 Å². The highest BCUT2D eigenvalue weighted by Gasteiger charge is 2.21. The molecule has 0 saturated carbocycles. The first-order valence-electron chi connectivity index (χ1n) is 5.80. The summed E-state index contributed by atoms with van der Waals surface area (Å²) in [5, 5.41) is 1.68. The molecule has 1 amide bonds. The van der Waals surface area contributed by atoms with Crippen LogP contribution < -0.4 is 9.64 Å². The average Bonchev–Trinajstić information content (AvgIpc) is 2.94. The Labute approximate surface area is 120 Å². The molecular formula is C14H13NO4S. The van der Waals surface area contributed by atoms with E-state index in [1.807, 2.05) is 30.3 Å². The maximum atomic E-state index is 12.4. The van der Waals surface area contributed by atoms with Crippen LogP contribution in [0.5, 0.6) is 5.75 Å². The third-order valence-electron chi connectivity index (χ3n) is 2.63. The summed E-state index contributed by atoms with van der Waals surface area (Å²) in [6.45, 7) is 0. The van der Waals surface area contributed by atoms with Crippen molar-refractivity contribution in [3.8, 4) is 5.75 Å². The van der Waals surface area contributed by atoms with Crippen LogP contribution in [0.3, 0.4) is 0 Å². The van der Waals surface area contributed by atoms with Crippen molar-refractivity contribution in [1.82, 2.24) is 0 Å². The van der Waals surface area contributed by atoms with E-state index in [4.69, 9.17) is 4.74 Å². The Hall–Kier alpha value is -2.34. The predicted molar refractivity (Wildman–Crippen MR) is 76.5 cm³/mol. The molecule has 2 aromatic rings. The maximum absolute atomic E-state index is 12.4. The van der Waals surface area contributed by atoms with E-state index in [-0.39, 0.29) is 11.7 Å². The molecule has 5 nitrogen and oxygen atoms in total. The summed E-state index contributed by atoms with van der Waals surface area (Å²) in [5.74, 6) is -0.0419. The number of para-hydroxylation sites is 1. The zero-order valence-electron chi connectivity index (χ0n) is 11.0. The van der Waals surface area contributed by atoms with Gasteiger partial charge in [-0.15, -0.1) is 11.3 Å². The van der Waals surface area contributed by atoms with Crippen molar-refractivity contribution in [3.05, 3.63) is 46.7 Å². The lowest BCUT2D eigenvalue weighted by molar-refractivity contribution is 0.0990. The lowest BCUT2D eigenvalue weighted by atomic mass is 10.3. The normalized spacial score (nSPS) is 9.90. The van der Waals surface area contributed by atoms with Gasteiger partial charge in [0.1, 0.15) is 4.88 Å². The van der Waals surface area contributed by atoms with E-state index < -0.39 is 6.16 Å². The molecule has 2 rings (SSSR count). The van der Waals surface area contributed by atoms with Gasteiger partial charge in [0.05, 0.1) is 7.11 Å². The number of benzene rings is 1. The third-order valence-corrected chi connectivity index (χ3v) is 3.52. The lowest BCUT2D eigenvalue weighted by Crippen LogP contribution is -2.26. The molecule has 0 saturated heterocycles. The standard InChI is InChI=1S/C14H13NO4S/c1-15(10-6-4-3-5-7-10)13(16)12-11(8-9-20-12)19-14(17)18-2/h3-9H,1-2H3. The number of hydrogen-bond donors (Lipinski definition) is 0. The molecule has 0 spiro atoms. The molecule has 0 aliphatic rings. The van der Waals surface area contributed by atoms with Crippen molar-refractivity contribution in [2.24, 2.45) is 0 Å². The van der Waals surface area contributed by atoms with E-state index in [0.717, 1.165) is 5.69 Å². The molecule has 1 heterocycles. The molecule has 0 aliphatic heterocycles. The minimum atomic E-state index is -0.847. The molecule has 20 heavy (non-hydrogen) atoms. The molecular weight excluding hydrogens is 278 g/mol. The molecule has 0 unspecified atom stereocenters. The summed E-state index contributed by atoms with van der Waals surface area (Å²) in [5.41, 5.74) is 0.759. The summed E-state index contributed by atoms with van der Waals surface area (Å²) >= 11 is 1.21. The van der Waals surface area contributed by atoms with E-state index in [1.165, 1.54) is 23.3 Å². The van der Waals surface area contributed by atoms with E-state index in [9.17, 15) is 9.59 Å². The molecule has 1 aromatic heterocycles. The topological polar surface area (TPSA) is 55.8 Å². The van der Waals surface area contributed by atoms with Gasteiger partial charge in [-0.25, -0.2) is 4.79 Å². The van der Waals surface area contributed by atoms with Gasteiger partial charge in [-0.1, -0.05) is 18.2 Å². The van der Waals surface area contributed by atoms with E-state index in [2.05, 4.69) is 4.74 Å². The Morgan fingerprint density at radius 3 is 2.50 bits per heavy atom. The first-order valence-corrected chi connectivity index (χ1v) is 6.68. The Bertz CT molecular complexity index is 609. The highest BCUT2D eigenvalue weighted by Crippen LogP contribution is 2.28. The van der Waals surface area contributed by atoms with Gasteiger partial charge >= 0.3 is 6.16 Å². The molecule has 0 fully saturated rings. The van der Waals surface area contributed by atoms with Crippen LogP contribution in [0.25, 0.3) is 0 Å². The number of rotatable bonds is 3. The quantitative estimate of drug-likeness (QED) is 0.815. The predicted octanol–water partition coefficient (Wildman–Crippen LogP) is 3.17. The molecule has 104 valence electrons. The Morgan fingerprint density at radius 2 is 1.85 bits per heavy atom. The molecule has 0 aliphatic carbocycles. The van der Waals surface area contributed by atoms with Crippen LogP contribution in [0, 0.1) is 0 Å². The number of thiophene rings is 1. The van der Waals surface area contributed by atoms with Gasteiger partial charge in [-0.05, 0) is 23.6 Å². The molecule has 0 bridgehead atoms. The maximum Gasteiger partial charge on any atom is 0.513 e. The Kier molecular flexibility index (Phi) is 4.37. The van der Waals surface area contributed by atoms with Crippen LogP contribution in [0.4, 0.5) is 10.5 Å². The summed E-state index contributed by atoms with van der Waals surface area (Å²) in [6, 6.07) is 10.8. The zero-order valence-corrected chi connectivity index (χ0v) is 11.8. The number of ether oxygens (including phenoxy) is 2. The van der Waals surface area contributed by atoms with Gasteiger partial charge in [0, 0.05) is 12.7 Å². The molecule has 0 atom stereocenters. The highest BCUT2D eigenvalue weighted by molar-refractivity contribution is 7.12.